The maximum atomic E-state index is 12.8. The molecule has 6 heteroatoms. The summed E-state index contributed by atoms with van der Waals surface area (Å²) in [6.07, 6.45) is 1.80. The Labute approximate surface area is 136 Å². The number of carbonyl (C=O) groups is 1. The van der Waals surface area contributed by atoms with Gasteiger partial charge >= 0.3 is 0 Å². The van der Waals surface area contributed by atoms with Crippen molar-refractivity contribution in [1.82, 2.24) is 14.4 Å². The molecule has 0 N–H and O–H groups in total. The van der Waals surface area contributed by atoms with E-state index in [0.29, 0.717) is 5.56 Å². The minimum absolute atomic E-state index is 0.0339. The number of rotatable bonds is 4. The first kappa shape index (κ1) is 17.1. The van der Waals surface area contributed by atoms with Crippen LogP contribution in [0.15, 0.2) is 17.1 Å². The van der Waals surface area contributed by atoms with Crippen LogP contribution in [0.1, 0.15) is 28.9 Å². The van der Waals surface area contributed by atoms with E-state index in [-0.39, 0.29) is 17.5 Å². The van der Waals surface area contributed by atoms with Crippen molar-refractivity contribution < 1.29 is 4.79 Å². The van der Waals surface area contributed by atoms with Crippen LogP contribution in [0.25, 0.3) is 0 Å². The van der Waals surface area contributed by atoms with Crippen LogP contribution in [0.5, 0.6) is 0 Å². The molecule has 1 atom stereocenters. The first-order valence-corrected chi connectivity index (χ1v) is 8.80. The van der Waals surface area contributed by atoms with Gasteiger partial charge < -0.3 is 14.4 Å². The average molecular weight is 323 g/mol. The normalized spacial score (nSPS) is 16.9. The van der Waals surface area contributed by atoms with E-state index in [4.69, 9.17) is 0 Å². The summed E-state index contributed by atoms with van der Waals surface area (Å²) >= 11 is 1.85. The van der Waals surface area contributed by atoms with E-state index in [1.54, 1.807) is 15.7 Å². The number of likely N-dealkylation sites (N-methyl/N-ethyl adjacent to an activating group) is 1. The van der Waals surface area contributed by atoms with Crippen molar-refractivity contribution in [3.63, 3.8) is 0 Å². The second-order valence-electron chi connectivity index (χ2n) is 6.10. The zero-order chi connectivity index (χ0) is 16.3. The molecule has 1 unspecified atom stereocenters. The number of hydrogen-bond acceptors (Lipinski definition) is 4. The number of hydrogen-bond donors (Lipinski definition) is 0. The highest BCUT2D eigenvalue weighted by molar-refractivity contribution is 7.99. The molecule has 1 aliphatic heterocycles. The average Bonchev–Trinajstić information content (AvgIpc) is 2.47. The molecule has 2 rings (SSSR count). The lowest BCUT2D eigenvalue weighted by Crippen LogP contribution is -2.42. The molecule has 2 heterocycles. The molecule has 22 heavy (non-hydrogen) atoms. The molecule has 0 saturated carbocycles. The quantitative estimate of drug-likeness (QED) is 0.842. The van der Waals surface area contributed by atoms with Gasteiger partial charge in [0.1, 0.15) is 5.56 Å². The first-order chi connectivity index (χ1) is 10.4. The largest absolute Gasteiger partial charge is 0.337 e. The molecule has 0 aliphatic carbocycles. The third-order valence-corrected chi connectivity index (χ3v) is 4.89. The van der Waals surface area contributed by atoms with Crippen LogP contribution in [-0.2, 0) is 0 Å². The molecule has 122 valence electrons. The van der Waals surface area contributed by atoms with Crippen molar-refractivity contribution >= 4 is 17.7 Å². The van der Waals surface area contributed by atoms with Gasteiger partial charge in [0.25, 0.3) is 11.5 Å². The monoisotopic (exact) mass is 323 g/mol. The van der Waals surface area contributed by atoms with E-state index < -0.39 is 0 Å². The Kier molecular flexibility index (Phi) is 5.69. The molecule has 5 nitrogen and oxygen atoms in total. The third kappa shape index (κ3) is 3.73. The van der Waals surface area contributed by atoms with Gasteiger partial charge in [0.15, 0.2) is 0 Å². The van der Waals surface area contributed by atoms with Crippen molar-refractivity contribution in [2.45, 2.75) is 19.9 Å². The van der Waals surface area contributed by atoms with Crippen molar-refractivity contribution in [2.24, 2.45) is 0 Å². The second kappa shape index (κ2) is 7.33. The van der Waals surface area contributed by atoms with Crippen molar-refractivity contribution in [3.05, 3.63) is 33.7 Å². The van der Waals surface area contributed by atoms with E-state index in [1.807, 2.05) is 50.7 Å². The number of nitrogens with zero attached hydrogens (tertiary/aromatic N) is 3. The molecule has 0 aromatic carbocycles. The third-order valence-electron chi connectivity index (χ3n) is 3.94. The van der Waals surface area contributed by atoms with Gasteiger partial charge in [-0.2, -0.15) is 11.8 Å². The molecule has 1 aromatic heterocycles. The summed E-state index contributed by atoms with van der Waals surface area (Å²) in [6.45, 7) is 6.06. The smallest absolute Gasteiger partial charge is 0.263 e. The summed E-state index contributed by atoms with van der Waals surface area (Å²) in [6, 6.07) is 1.91. The zero-order valence-corrected chi connectivity index (χ0v) is 14.7. The standard InChI is InChI=1S/C16H25N3O2S/c1-12-5-6-19(13(2)11-17(3)4)16(21)14(12)15(20)18-7-9-22-10-8-18/h5-6,13H,7-11H2,1-4H3. The lowest BCUT2D eigenvalue weighted by atomic mass is 10.1. The molecule has 1 aliphatic rings. The molecular weight excluding hydrogens is 298 g/mol. The summed E-state index contributed by atoms with van der Waals surface area (Å²) in [5, 5.41) is 0. The zero-order valence-electron chi connectivity index (χ0n) is 13.8. The molecule has 0 bridgehead atoms. The number of aryl methyl sites for hydroxylation is 1. The van der Waals surface area contributed by atoms with Gasteiger partial charge in [-0.3, -0.25) is 9.59 Å². The number of aromatic nitrogens is 1. The van der Waals surface area contributed by atoms with Crippen LogP contribution in [-0.4, -0.2) is 65.5 Å². The lowest BCUT2D eigenvalue weighted by Gasteiger charge is -2.27. The highest BCUT2D eigenvalue weighted by atomic mass is 32.2. The van der Waals surface area contributed by atoms with Crippen LogP contribution in [0, 0.1) is 6.92 Å². The highest BCUT2D eigenvalue weighted by Crippen LogP contribution is 2.14. The molecule has 1 fully saturated rings. The fraction of sp³-hybridized carbons (Fsp3) is 0.625. The predicted octanol–water partition coefficient (Wildman–Crippen LogP) is 1.47. The molecule has 0 spiro atoms. The van der Waals surface area contributed by atoms with Crippen molar-refractivity contribution in [2.75, 3.05) is 45.2 Å². The van der Waals surface area contributed by atoms with Gasteiger partial charge in [0, 0.05) is 43.4 Å². The Hall–Kier alpha value is -1.27. The summed E-state index contributed by atoms with van der Waals surface area (Å²) < 4.78 is 1.68. The number of pyridine rings is 1. The van der Waals surface area contributed by atoms with Crippen molar-refractivity contribution in [3.8, 4) is 0 Å². The summed E-state index contributed by atoms with van der Waals surface area (Å²) in [5.41, 5.74) is 0.930. The van der Waals surface area contributed by atoms with E-state index in [1.165, 1.54) is 0 Å². The lowest BCUT2D eigenvalue weighted by molar-refractivity contribution is 0.0769. The number of carbonyl (C=O) groups excluding carboxylic acids is 1. The van der Waals surface area contributed by atoms with E-state index in [2.05, 4.69) is 0 Å². The summed E-state index contributed by atoms with van der Waals surface area (Å²) in [7, 11) is 3.96. The first-order valence-electron chi connectivity index (χ1n) is 7.65. The molecule has 1 aromatic rings. The van der Waals surface area contributed by atoms with Gasteiger partial charge in [-0.15, -0.1) is 0 Å². The minimum Gasteiger partial charge on any atom is -0.337 e. The van der Waals surface area contributed by atoms with E-state index in [0.717, 1.165) is 36.7 Å². The topological polar surface area (TPSA) is 45.6 Å². The Morgan fingerprint density at radius 1 is 1.36 bits per heavy atom. The maximum Gasteiger partial charge on any atom is 0.263 e. The van der Waals surface area contributed by atoms with Crippen LogP contribution >= 0.6 is 11.8 Å². The van der Waals surface area contributed by atoms with Gasteiger partial charge in [0.05, 0.1) is 0 Å². The fourth-order valence-corrected chi connectivity index (χ4v) is 3.69. The summed E-state index contributed by atoms with van der Waals surface area (Å²) in [5.74, 6) is 1.78. The van der Waals surface area contributed by atoms with Gasteiger partial charge in [-0.05, 0) is 39.6 Å². The highest BCUT2D eigenvalue weighted by Gasteiger charge is 2.24. The molecular formula is C16H25N3O2S. The molecule has 1 saturated heterocycles. The Bertz CT molecular complexity index is 592. The summed E-state index contributed by atoms with van der Waals surface area (Å²) in [4.78, 5) is 29.4. The SMILES string of the molecule is Cc1ccn(C(C)CN(C)C)c(=O)c1C(=O)N1CCSCC1. The molecule has 0 radical (unpaired) electrons. The predicted molar refractivity (Wildman–Crippen MR) is 91.9 cm³/mol. The molecule has 1 amide bonds. The second-order valence-corrected chi connectivity index (χ2v) is 7.33. The van der Waals surface area contributed by atoms with Crippen LogP contribution in [0.4, 0.5) is 0 Å². The van der Waals surface area contributed by atoms with Gasteiger partial charge in [-0.1, -0.05) is 0 Å². The Morgan fingerprint density at radius 3 is 2.59 bits per heavy atom. The van der Waals surface area contributed by atoms with Crippen LogP contribution < -0.4 is 5.56 Å². The number of amides is 1. The van der Waals surface area contributed by atoms with E-state index in [9.17, 15) is 9.59 Å². The number of thioether (sulfide) groups is 1. The van der Waals surface area contributed by atoms with Crippen LogP contribution in [0.3, 0.4) is 0 Å². The van der Waals surface area contributed by atoms with Crippen LogP contribution in [0.2, 0.25) is 0 Å². The maximum absolute atomic E-state index is 12.8. The van der Waals surface area contributed by atoms with E-state index >= 15 is 0 Å². The minimum atomic E-state index is -0.169. The Balaban J connectivity index is 2.34. The fourth-order valence-electron chi connectivity index (χ4n) is 2.79. The van der Waals surface area contributed by atoms with Gasteiger partial charge in [0.2, 0.25) is 0 Å². The Morgan fingerprint density at radius 2 is 2.00 bits per heavy atom. The van der Waals surface area contributed by atoms with Gasteiger partial charge in [-0.25, -0.2) is 0 Å². The van der Waals surface area contributed by atoms with Crippen molar-refractivity contribution in [1.29, 1.82) is 0 Å².